The van der Waals surface area contributed by atoms with Gasteiger partial charge in [-0.1, -0.05) is 23.2 Å². The smallest absolute Gasteiger partial charge is 0.237 e. The zero-order valence-electron chi connectivity index (χ0n) is 7.72. The van der Waals surface area contributed by atoms with Crippen molar-refractivity contribution in [2.24, 2.45) is 0 Å². The Labute approximate surface area is 102 Å². The molecule has 1 aromatic carbocycles. The Kier molecular flexibility index (Phi) is 4.25. The Balaban J connectivity index is 3.00. The van der Waals surface area contributed by atoms with Crippen molar-refractivity contribution in [3.05, 3.63) is 28.0 Å². The second kappa shape index (κ2) is 5.05. The molecule has 0 saturated carbocycles. The molecule has 2 nitrogen and oxygen atoms in total. The number of hydrogen-bond donors (Lipinski definition) is 2. The summed E-state index contributed by atoms with van der Waals surface area (Å²) in [6.07, 6.45) is 0. The van der Waals surface area contributed by atoms with Gasteiger partial charge in [-0.2, -0.15) is 12.6 Å². The first-order valence-electron chi connectivity index (χ1n) is 4.05. The van der Waals surface area contributed by atoms with Crippen molar-refractivity contribution >= 4 is 47.4 Å². The molecule has 0 aliphatic heterocycles. The van der Waals surface area contributed by atoms with Crippen molar-refractivity contribution in [3.8, 4) is 0 Å². The van der Waals surface area contributed by atoms with Crippen LogP contribution in [0.5, 0.6) is 0 Å². The minimum atomic E-state index is -0.554. The van der Waals surface area contributed by atoms with E-state index in [0.717, 1.165) is 12.1 Å². The van der Waals surface area contributed by atoms with Crippen LogP contribution >= 0.6 is 35.8 Å². The summed E-state index contributed by atoms with van der Waals surface area (Å²) >= 11 is 15.4. The molecule has 0 heterocycles. The number of thiol groups is 1. The van der Waals surface area contributed by atoms with Crippen molar-refractivity contribution in [1.82, 2.24) is 0 Å². The Morgan fingerprint density at radius 3 is 2.33 bits per heavy atom. The number of carbonyl (C=O) groups excluding carboxylic acids is 1. The SMILES string of the molecule is CC(S)C(=O)Nc1c(Cl)cc(F)cc1Cl. The summed E-state index contributed by atoms with van der Waals surface area (Å²) < 4.78 is 12.8. The molecular formula is C9H8Cl2FNOS. The Morgan fingerprint density at radius 1 is 1.47 bits per heavy atom. The third kappa shape index (κ3) is 3.26. The van der Waals surface area contributed by atoms with Gasteiger partial charge < -0.3 is 5.32 Å². The first kappa shape index (κ1) is 12.6. The number of carbonyl (C=O) groups is 1. The fraction of sp³-hybridized carbons (Fsp3) is 0.222. The van der Waals surface area contributed by atoms with Gasteiger partial charge in [-0.15, -0.1) is 0 Å². The van der Waals surface area contributed by atoms with Crippen LogP contribution in [-0.2, 0) is 4.79 Å². The van der Waals surface area contributed by atoms with Crippen molar-refractivity contribution in [3.63, 3.8) is 0 Å². The highest BCUT2D eigenvalue weighted by molar-refractivity contribution is 7.81. The van der Waals surface area contributed by atoms with E-state index in [1.807, 2.05) is 0 Å². The van der Waals surface area contributed by atoms with E-state index in [4.69, 9.17) is 23.2 Å². The third-order valence-corrected chi connectivity index (χ3v) is 2.47. The fourth-order valence-corrected chi connectivity index (χ4v) is 1.51. The maximum absolute atomic E-state index is 12.8. The average Bonchev–Trinajstić information content (AvgIpc) is 2.10. The molecule has 0 saturated heterocycles. The molecule has 0 radical (unpaired) electrons. The van der Waals surface area contributed by atoms with Crippen molar-refractivity contribution in [2.75, 3.05) is 5.32 Å². The van der Waals surface area contributed by atoms with Crippen LogP contribution in [-0.4, -0.2) is 11.2 Å². The molecule has 1 unspecified atom stereocenters. The second-order valence-electron chi connectivity index (χ2n) is 2.91. The van der Waals surface area contributed by atoms with Crippen molar-refractivity contribution in [2.45, 2.75) is 12.2 Å². The summed E-state index contributed by atoms with van der Waals surface area (Å²) in [6, 6.07) is 2.15. The normalized spacial score (nSPS) is 12.3. The number of amides is 1. The summed E-state index contributed by atoms with van der Waals surface area (Å²) in [6.45, 7) is 1.60. The molecular weight excluding hydrogens is 260 g/mol. The van der Waals surface area contributed by atoms with Crippen LogP contribution in [0.2, 0.25) is 10.0 Å². The minimum Gasteiger partial charge on any atom is -0.323 e. The molecule has 1 N–H and O–H groups in total. The van der Waals surface area contributed by atoms with Gasteiger partial charge in [0.15, 0.2) is 0 Å². The van der Waals surface area contributed by atoms with Gasteiger partial charge in [0.2, 0.25) is 5.91 Å². The summed E-state index contributed by atoms with van der Waals surface area (Å²) in [5.74, 6) is -0.907. The van der Waals surface area contributed by atoms with Gasteiger partial charge >= 0.3 is 0 Å². The standard InChI is InChI=1S/C9H8Cl2FNOS/c1-4(15)9(14)13-8-6(10)2-5(12)3-7(8)11/h2-4,15H,1H3,(H,13,14). The molecule has 1 atom stereocenters. The molecule has 1 amide bonds. The molecule has 0 bridgehead atoms. The first-order chi connectivity index (χ1) is 6.91. The molecule has 0 fully saturated rings. The summed E-state index contributed by atoms with van der Waals surface area (Å²) in [7, 11) is 0. The summed E-state index contributed by atoms with van der Waals surface area (Å²) in [4.78, 5) is 11.3. The van der Waals surface area contributed by atoms with E-state index in [9.17, 15) is 9.18 Å². The Hall–Kier alpha value is -0.450. The van der Waals surface area contributed by atoms with E-state index in [1.165, 1.54) is 0 Å². The lowest BCUT2D eigenvalue weighted by Crippen LogP contribution is -2.20. The molecule has 0 aromatic heterocycles. The zero-order valence-corrected chi connectivity index (χ0v) is 10.1. The minimum absolute atomic E-state index is 0.0577. The van der Waals surface area contributed by atoms with E-state index < -0.39 is 11.1 Å². The van der Waals surface area contributed by atoms with Gasteiger partial charge in [0, 0.05) is 0 Å². The maximum Gasteiger partial charge on any atom is 0.237 e. The summed E-state index contributed by atoms with van der Waals surface area (Å²) in [5.41, 5.74) is 0.200. The molecule has 15 heavy (non-hydrogen) atoms. The highest BCUT2D eigenvalue weighted by Crippen LogP contribution is 2.31. The number of nitrogens with one attached hydrogen (secondary N) is 1. The van der Waals surface area contributed by atoms with Crippen LogP contribution in [0.1, 0.15) is 6.92 Å². The number of rotatable bonds is 2. The van der Waals surface area contributed by atoms with Gasteiger partial charge in [0.25, 0.3) is 0 Å². The number of anilines is 1. The van der Waals surface area contributed by atoms with Gasteiger partial charge in [0.1, 0.15) is 5.82 Å². The Morgan fingerprint density at radius 2 is 1.93 bits per heavy atom. The predicted octanol–water partition coefficient (Wildman–Crippen LogP) is 3.39. The zero-order chi connectivity index (χ0) is 11.6. The summed E-state index contributed by atoms with van der Waals surface area (Å²) in [5, 5.41) is 2.08. The van der Waals surface area contributed by atoms with E-state index in [-0.39, 0.29) is 21.6 Å². The average molecular weight is 268 g/mol. The van der Waals surface area contributed by atoms with Crippen molar-refractivity contribution in [1.29, 1.82) is 0 Å². The Bertz CT molecular complexity index is 375. The van der Waals surface area contributed by atoms with E-state index in [0.29, 0.717) is 0 Å². The highest BCUT2D eigenvalue weighted by Gasteiger charge is 2.14. The number of halogens is 3. The second-order valence-corrected chi connectivity index (χ2v) is 4.50. The van der Waals surface area contributed by atoms with Crippen LogP contribution in [0, 0.1) is 5.82 Å². The fourth-order valence-electron chi connectivity index (χ4n) is 0.889. The monoisotopic (exact) mass is 267 g/mol. The molecule has 0 aliphatic carbocycles. The van der Waals surface area contributed by atoms with Gasteiger partial charge in [-0.05, 0) is 19.1 Å². The van der Waals surface area contributed by atoms with Crippen LogP contribution in [0.4, 0.5) is 10.1 Å². The molecule has 1 aromatic rings. The molecule has 6 heteroatoms. The highest BCUT2D eigenvalue weighted by atomic mass is 35.5. The largest absolute Gasteiger partial charge is 0.323 e. The number of hydrogen-bond acceptors (Lipinski definition) is 2. The number of benzene rings is 1. The van der Waals surface area contributed by atoms with Crippen LogP contribution in [0.25, 0.3) is 0 Å². The van der Waals surface area contributed by atoms with E-state index in [1.54, 1.807) is 6.92 Å². The molecule has 82 valence electrons. The lowest BCUT2D eigenvalue weighted by atomic mass is 10.3. The van der Waals surface area contributed by atoms with Gasteiger partial charge in [0.05, 0.1) is 21.0 Å². The topological polar surface area (TPSA) is 29.1 Å². The quantitative estimate of drug-likeness (QED) is 0.791. The third-order valence-electron chi connectivity index (χ3n) is 1.63. The molecule has 0 spiro atoms. The first-order valence-corrected chi connectivity index (χ1v) is 5.32. The molecule has 1 rings (SSSR count). The lowest BCUT2D eigenvalue weighted by Gasteiger charge is -2.10. The van der Waals surface area contributed by atoms with Crippen LogP contribution < -0.4 is 5.32 Å². The van der Waals surface area contributed by atoms with Gasteiger partial charge in [-0.3, -0.25) is 4.79 Å². The van der Waals surface area contributed by atoms with E-state index >= 15 is 0 Å². The molecule has 0 aliphatic rings. The lowest BCUT2D eigenvalue weighted by molar-refractivity contribution is -0.115. The van der Waals surface area contributed by atoms with Crippen LogP contribution in [0.3, 0.4) is 0 Å². The predicted molar refractivity (Wildman–Crippen MR) is 63.5 cm³/mol. The maximum atomic E-state index is 12.8. The van der Waals surface area contributed by atoms with Crippen LogP contribution in [0.15, 0.2) is 12.1 Å². The van der Waals surface area contributed by atoms with E-state index in [2.05, 4.69) is 17.9 Å². The van der Waals surface area contributed by atoms with Crippen molar-refractivity contribution < 1.29 is 9.18 Å². The van der Waals surface area contributed by atoms with Gasteiger partial charge in [-0.25, -0.2) is 4.39 Å².